The van der Waals surface area contributed by atoms with E-state index in [4.69, 9.17) is 5.73 Å². The van der Waals surface area contributed by atoms with Gasteiger partial charge in [0.05, 0.1) is 5.69 Å². The van der Waals surface area contributed by atoms with E-state index in [1.807, 2.05) is 0 Å². The largest absolute Gasteiger partial charge is 0.326 e. The molecular weight excluding hydrogens is 346 g/mol. The Labute approximate surface area is 125 Å². The maximum Gasteiger partial charge on any atom is 0.282 e. The number of H-pyrrole nitrogens is 1. The molecule has 0 saturated heterocycles. The van der Waals surface area contributed by atoms with Crippen molar-refractivity contribution in [3.05, 3.63) is 33.6 Å². The van der Waals surface area contributed by atoms with Gasteiger partial charge < -0.3 is 5.73 Å². The number of halogens is 1. The van der Waals surface area contributed by atoms with E-state index < -0.39 is 10.0 Å². The second-order valence-corrected chi connectivity index (χ2v) is 6.66. The Kier molecular flexibility index (Phi) is 4.11. The van der Waals surface area contributed by atoms with E-state index in [1.54, 1.807) is 26.0 Å². The average molecular weight is 360 g/mol. The van der Waals surface area contributed by atoms with Crippen LogP contribution in [0, 0.1) is 13.8 Å². The molecular formula is C11H14BrN5O2S. The summed E-state index contributed by atoms with van der Waals surface area (Å²) in [6.07, 6.45) is 0. The number of hydrogen-bond acceptors (Lipinski definition) is 5. The summed E-state index contributed by atoms with van der Waals surface area (Å²) in [5.74, 6) is 0.231. The number of aryl methyl sites for hydroxylation is 2. The van der Waals surface area contributed by atoms with Crippen LogP contribution in [0.4, 0.5) is 5.82 Å². The summed E-state index contributed by atoms with van der Waals surface area (Å²) in [7, 11) is -3.82. The average Bonchev–Trinajstić information content (AvgIpc) is 2.75. The number of aromatic amines is 1. The molecule has 4 N–H and O–H groups in total. The van der Waals surface area contributed by atoms with E-state index in [-0.39, 0.29) is 17.4 Å². The van der Waals surface area contributed by atoms with Crippen LogP contribution >= 0.6 is 15.9 Å². The van der Waals surface area contributed by atoms with Crippen molar-refractivity contribution in [2.24, 2.45) is 5.73 Å². The molecule has 0 atom stereocenters. The Morgan fingerprint density at radius 3 is 2.70 bits per heavy atom. The molecule has 2 aromatic heterocycles. The molecule has 0 bridgehead atoms. The van der Waals surface area contributed by atoms with Gasteiger partial charge in [-0.2, -0.15) is 13.5 Å². The summed E-state index contributed by atoms with van der Waals surface area (Å²) < 4.78 is 27.8. The van der Waals surface area contributed by atoms with Crippen molar-refractivity contribution in [3.8, 4) is 0 Å². The summed E-state index contributed by atoms with van der Waals surface area (Å²) in [4.78, 5) is 4.14. The van der Waals surface area contributed by atoms with Crippen molar-refractivity contribution in [1.82, 2.24) is 15.2 Å². The Bertz CT molecular complexity index is 741. The highest BCUT2D eigenvalue weighted by Crippen LogP contribution is 2.21. The number of nitrogens with one attached hydrogen (secondary N) is 2. The number of pyridine rings is 1. The lowest BCUT2D eigenvalue weighted by atomic mass is 10.3. The van der Waals surface area contributed by atoms with Crippen molar-refractivity contribution in [1.29, 1.82) is 0 Å². The minimum atomic E-state index is -3.82. The molecule has 7 nitrogen and oxygen atoms in total. The topological polar surface area (TPSA) is 114 Å². The molecule has 0 aliphatic heterocycles. The molecule has 0 unspecified atom stereocenters. The zero-order valence-corrected chi connectivity index (χ0v) is 13.3. The minimum Gasteiger partial charge on any atom is -0.326 e. The number of nitrogens with zero attached hydrogens (tertiary/aromatic N) is 2. The zero-order valence-electron chi connectivity index (χ0n) is 10.9. The Morgan fingerprint density at radius 1 is 1.40 bits per heavy atom. The Morgan fingerprint density at radius 2 is 2.10 bits per heavy atom. The molecule has 0 aromatic carbocycles. The monoisotopic (exact) mass is 359 g/mol. The van der Waals surface area contributed by atoms with E-state index in [0.29, 0.717) is 17.0 Å². The Balaban J connectivity index is 2.38. The molecule has 20 heavy (non-hydrogen) atoms. The van der Waals surface area contributed by atoms with E-state index in [2.05, 4.69) is 35.8 Å². The first-order valence-electron chi connectivity index (χ1n) is 5.75. The van der Waals surface area contributed by atoms with Crippen molar-refractivity contribution in [3.63, 3.8) is 0 Å². The standard InChI is InChI=1S/C11H14BrN5O2S/c1-6-8(5-13)11(16-15-6)20(18,19)17-10-4-3-9(12)7(2)14-10/h3-4H,5,13H2,1-2H3,(H,14,17)(H,15,16). The third kappa shape index (κ3) is 2.84. The van der Waals surface area contributed by atoms with E-state index in [1.165, 1.54) is 0 Å². The summed E-state index contributed by atoms with van der Waals surface area (Å²) in [5, 5.41) is 6.33. The van der Waals surface area contributed by atoms with Gasteiger partial charge in [-0.15, -0.1) is 0 Å². The number of anilines is 1. The number of aromatic nitrogens is 3. The molecule has 108 valence electrons. The normalized spacial score (nSPS) is 11.6. The number of nitrogens with two attached hydrogens (primary N) is 1. The van der Waals surface area contributed by atoms with E-state index >= 15 is 0 Å². The predicted octanol–water partition coefficient (Wildman–Crippen LogP) is 1.44. The molecule has 2 aromatic rings. The van der Waals surface area contributed by atoms with Crippen LogP contribution in [0.15, 0.2) is 21.6 Å². The fraction of sp³-hybridized carbons (Fsp3) is 0.273. The summed E-state index contributed by atoms with van der Waals surface area (Å²) in [6.45, 7) is 3.58. The molecule has 0 saturated carbocycles. The third-order valence-corrected chi connectivity index (χ3v) is 4.92. The first-order valence-corrected chi connectivity index (χ1v) is 8.02. The van der Waals surface area contributed by atoms with Gasteiger partial charge in [0.1, 0.15) is 5.82 Å². The first-order chi connectivity index (χ1) is 9.35. The lowest BCUT2D eigenvalue weighted by molar-refractivity contribution is 0.595. The molecule has 9 heteroatoms. The highest BCUT2D eigenvalue weighted by molar-refractivity contribution is 9.10. The molecule has 0 amide bonds. The van der Waals surface area contributed by atoms with Crippen molar-refractivity contribution in [2.75, 3.05) is 4.72 Å². The molecule has 0 aliphatic rings. The lowest BCUT2D eigenvalue weighted by Crippen LogP contribution is -2.17. The fourth-order valence-corrected chi connectivity index (χ4v) is 3.11. The number of rotatable bonds is 4. The van der Waals surface area contributed by atoms with Gasteiger partial charge >= 0.3 is 0 Å². The predicted molar refractivity (Wildman–Crippen MR) is 78.7 cm³/mol. The SMILES string of the molecule is Cc1nc(NS(=O)(=O)c2n[nH]c(C)c2CN)ccc1Br. The van der Waals surface area contributed by atoms with Crippen molar-refractivity contribution < 1.29 is 8.42 Å². The molecule has 2 rings (SSSR count). The van der Waals surface area contributed by atoms with Gasteiger partial charge in [0.2, 0.25) is 5.03 Å². The molecule has 0 spiro atoms. The molecule has 0 fully saturated rings. The quantitative estimate of drug-likeness (QED) is 0.764. The van der Waals surface area contributed by atoms with Gasteiger partial charge in [-0.05, 0) is 41.9 Å². The van der Waals surface area contributed by atoms with Crippen LogP contribution in [0.1, 0.15) is 17.0 Å². The van der Waals surface area contributed by atoms with Crippen molar-refractivity contribution in [2.45, 2.75) is 25.4 Å². The molecule has 0 radical (unpaired) electrons. The minimum absolute atomic E-state index is 0.0887. The summed E-state index contributed by atoms with van der Waals surface area (Å²) in [5.41, 5.74) is 7.34. The lowest BCUT2D eigenvalue weighted by Gasteiger charge is -2.08. The number of sulfonamides is 1. The second-order valence-electron chi connectivity index (χ2n) is 4.21. The fourth-order valence-electron chi connectivity index (χ4n) is 1.68. The maximum absolute atomic E-state index is 12.3. The zero-order chi connectivity index (χ0) is 14.9. The van der Waals surface area contributed by atoms with Crippen LogP contribution in [0.5, 0.6) is 0 Å². The smallest absolute Gasteiger partial charge is 0.282 e. The molecule has 2 heterocycles. The van der Waals surface area contributed by atoms with Crippen LogP contribution in [-0.2, 0) is 16.6 Å². The van der Waals surface area contributed by atoms with Crippen LogP contribution in [-0.4, -0.2) is 23.6 Å². The van der Waals surface area contributed by atoms with Crippen LogP contribution in [0.25, 0.3) is 0 Å². The number of hydrogen-bond donors (Lipinski definition) is 3. The highest BCUT2D eigenvalue weighted by Gasteiger charge is 2.23. The van der Waals surface area contributed by atoms with Gasteiger partial charge in [0.15, 0.2) is 0 Å². The Hall–Kier alpha value is -1.45. The van der Waals surface area contributed by atoms with Crippen LogP contribution < -0.4 is 10.5 Å². The van der Waals surface area contributed by atoms with Crippen molar-refractivity contribution >= 4 is 31.8 Å². The second kappa shape index (κ2) is 5.51. The van der Waals surface area contributed by atoms with Gasteiger partial charge in [0, 0.05) is 22.3 Å². The third-order valence-electron chi connectivity index (χ3n) is 2.75. The maximum atomic E-state index is 12.3. The van der Waals surface area contributed by atoms with E-state index in [9.17, 15) is 8.42 Å². The highest BCUT2D eigenvalue weighted by atomic mass is 79.9. The van der Waals surface area contributed by atoms with E-state index in [0.717, 1.165) is 4.47 Å². The van der Waals surface area contributed by atoms with Gasteiger partial charge in [-0.1, -0.05) is 0 Å². The van der Waals surface area contributed by atoms with Gasteiger partial charge in [-0.25, -0.2) is 4.98 Å². The van der Waals surface area contributed by atoms with Gasteiger partial charge in [0.25, 0.3) is 10.0 Å². The van der Waals surface area contributed by atoms with Crippen LogP contribution in [0.3, 0.4) is 0 Å². The summed E-state index contributed by atoms with van der Waals surface area (Å²) >= 11 is 3.31. The summed E-state index contributed by atoms with van der Waals surface area (Å²) in [6, 6.07) is 3.29. The molecule has 0 aliphatic carbocycles. The van der Waals surface area contributed by atoms with Gasteiger partial charge in [-0.3, -0.25) is 9.82 Å². The van der Waals surface area contributed by atoms with Crippen LogP contribution in [0.2, 0.25) is 0 Å². The first kappa shape index (κ1) is 14.9.